The average molecular weight is 228 g/mol. The first-order chi connectivity index (χ1) is 6.63. The summed E-state index contributed by atoms with van der Waals surface area (Å²) in [6, 6.07) is 0. The van der Waals surface area contributed by atoms with Crippen LogP contribution in [0.25, 0.3) is 0 Å². The number of aryl methyl sites for hydroxylation is 1. The third-order valence-electron chi connectivity index (χ3n) is 2.58. The maximum atomic E-state index is 5.76. The smallest absolute Gasteiger partial charge is 0.1000 e. The molecule has 1 aromatic rings. The second-order valence-electron chi connectivity index (χ2n) is 4.28. The Balaban J connectivity index is 2.32. The van der Waals surface area contributed by atoms with Crippen LogP contribution in [-0.4, -0.2) is 17.3 Å². The quantitative estimate of drug-likeness (QED) is 0.843. The van der Waals surface area contributed by atoms with E-state index >= 15 is 0 Å². The molecule has 2 N–H and O–H groups in total. The number of rotatable bonds is 2. The van der Waals surface area contributed by atoms with Crippen molar-refractivity contribution in [2.45, 2.75) is 31.4 Å². The number of thiazole rings is 1. The fourth-order valence-electron chi connectivity index (χ4n) is 1.40. The molecule has 0 saturated carbocycles. The van der Waals surface area contributed by atoms with Crippen molar-refractivity contribution < 1.29 is 0 Å². The second-order valence-corrected chi connectivity index (χ2v) is 6.47. The fourth-order valence-corrected chi connectivity index (χ4v) is 3.74. The average Bonchev–Trinajstić information content (AvgIpc) is 2.61. The van der Waals surface area contributed by atoms with Crippen LogP contribution in [-0.2, 0) is 17.6 Å². The lowest BCUT2D eigenvalue weighted by molar-refractivity contribution is 0.534. The third-order valence-corrected chi connectivity index (χ3v) is 5.22. The highest BCUT2D eigenvalue weighted by Crippen LogP contribution is 2.34. The van der Waals surface area contributed by atoms with Gasteiger partial charge in [0.15, 0.2) is 0 Å². The normalized spacial score (nSPS) is 16.8. The second kappa shape index (κ2) is 3.83. The minimum absolute atomic E-state index is 0.0483. The Morgan fingerprint density at radius 1 is 1.50 bits per heavy atom. The van der Waals surface area contributed by atoms with Crippen LogP contribution in [0.15, 0.2) is 0 Å². The number of nitrogens with two attached hydrogens (primary N) is 1. The molecule has 1 aliphatic rings. The molecule has 0 saturated heterocycles. The van der Waals surface area contributed by atoms with Crippen LogP contribution >= 0.6 is 23.1 Å². The van der Waals surface area contributed by atoms with E-state index in [0.29, 0.717) is 6.54 Å². The topological polar surface area (TPSA) is 38.9 Å². The molecule has 2 heterocycles. The lowest BCUT2D eigenvalue weighted by atomic mass is 9.95. The largest absolute Gasteiger partial charge is 0.330 e. The van der Waals surface area contributed by atoms with E-state index in [1.807, 2.05) is 23.1 Å². The highest BCUT2D eigenvalue weighted by Gasteiger charge is 2.25. The number of hydrogen-bond donors (Lipinski definition) is 1. The lowest BCUT2D eigenvalue weighted by Gasteiger charge is -2.18. The van der Waals surface area contributed by atoms with E-state index in [2.05, 4.69) is 13.8 Å². The first-order valence-corrected chi connectivity index (χ1v) is 6.87. The van der Waals surface area contributed by atoms with Crippen molar-refractivity contribution in [3.8, 4) is 0 Å². The van der Waals surface area contributed by atoms with Gasteiger partial charge in [0.25, 0.3) is 0 Å². The standard InChI is InChI=1S/C10H16N2S2/c1-10(2,6-11)9-12-7-3-4-13-5-8(7)14-9/h3-6,11H2,1-2H3. The molecule has 14 heavy (non-hydrogen) atoms. The van der Waals surface area contributed by atoms with E-state index in [1.165, 1.54) is 21.3 Å². The van der Waals surface area contributed by atoms with Gasteiger partial charge in [-0.25, -0.2) is 4.98 Å². The molecular formula is C10H16N2S2. The Bertz CT molecular complexity index is 307. The van der Waals surface area contributed by atoms with Gasteiger partial charge in [0.2, 0.25) is 0 Å². The number of thioether (sulfide) groups is 1. The summed E-state index contributed by atoms with van der Waals surface area (Å²) in [7, 11) is 0. The van der Waals surface area contributed by atoms with Crippen LogP contribution < -0.4 is 5.73 Å². The highest BCUT2D eigenvalue weighted by atomic mass is 32.2. The third kappa shape index (κ3) is 1.83. The van der Waals surface area contributed by atoms with Gasteiger partial charge in [-0.15, -0.1) is 11.3 Å². The Morgan fingerprint density at radius 3 is 2.93 bits per heavy atom. The summed E-state index contributed by atoms with van der Waals surface area (Å²) >= 11 is 3.86. The van der Waals surface area contributed by atoms with Crippen molar-refractivity contribution in [3.05, 3.63) is 15.6 Å². The van der Waals surface area contributed by atoms with E-state index in [1.54, 1.807) is 0 Å². The zero-order chi connectivity index (χ0) is 10.2. The summed E-state index contributed by atoms with van der Waals surface area (Å²) in [5.74, 6) is 2.37. The first-order valence-electron chi connectivity index (χ1n) is 4.90. The van der Waals surface area contributed by atoms with Crippen LogP contribution in [0.1, 0.15) is 29.4 Å². The maximum Gasteiger partial charge on any atom is 0.1000 e. The van der Waals surface area contributed by atoms with Gasteiger partial charge in [-0.05, 0) is 12.2 Å². The van der Waals surface area contributed by atoms with Crippen molar-refractivity contribution in [1.82, 2.24) is 4.98 Å². The van der Waals surface area contributed by atoms with Gasteiger partial charge >= 0.3 is 0 Å². The molecule has 0 aromatic carbocycles. The van der Waals surface area contributed by atoms with E-state index in [0.717, 1.165) is 12.2 Å². The molecule has 0 amide bonds. The Labute approximate surface area is 93.3 Å². The minimum atomic E-state index is 0.0483. The van der Waals surface area contributed by atoms with Crippen LogP contribution in [0, 0.1) is 0 Å². The summed E-state index contributed by atoms with van der Waals surface area (Å²) in [5.41, 5.74) is 7.13. The molecule has 0 atom stereocenters. The van der Waals surface area contributed by atoms with Crippen LogP contribution in [0.3, 0.4) is 0 Å². The van der Waals surface area contributed by atoms with E-state index < -0.39 is 0 Å². The molecule has 0 unspecified atom stereocenters. The van der Waals surface area contributed by atoms with E-state index in [4.69, 9.17) is 10.7 Å². The molecule has 0 fully saturated rings. The molecule has 1 aromatic heterocycles. The van der Waals surface area contributed by atoms with Crippen LogP contribution in [0.5, 0.6) is 0 Å². The van der Waals surface area contributed by atoms with Gasteiger partial charge in [-0.1, -0.05) is 13.8 Å². The number of fused-ring (bicyclic) bond motifs is 1. The summed E-state index contributed by atoms with van der Waals surface area (Å²) in [6.45, 7) is 5.02. The number of nitrogens with zero attached hydrogens (tertiary/aromatic N) is 1. The predicted molar refractivity (Wildman–Crippen MR) is 64.1 cm³/mol. The molecule has 4 heteroatoms. The molecule has 0 radical (unpaired) electrons. The molecule has 1 aliphatic heterocycles. The summed E-state index contributed by atoms with van der Waals surface area (Å²) in [5, 5.41) is 1.22. The number of aromatic nitrogens is 1. The summed E-state index contributed by atoms with van der Waals surface area (Å²) in [6.07, 6.45) is 1.14. The van der Waals surface area contributed by atoms with Gasteiger partial charge < -0.3 is 5.73 Å². The van der Waals surface area contributed by atoms with Gasteiger partial charge in [0, 0.05) is 22.6 Å². The SMILES string of the molecule is CC(C)(CN)c1nc2c(s1)CSCC2. The van der Waals surface area contributed by atoms with Gasteiger partial charge in [-0.2, -0.15) is 11.8 Å². The molecule has 0 bridgehead atoms. The predicted octanol–water partition coefficient (Wildman–Crippen LogP) is 2.17. The Morgan fingerprint density at radius 2 is 2.29 bits per heavy atom. The minimum Gasteiger partial charge on any atom is -0.330 e. The van der Waals surface area contributed by atoms with Gasteiger partial charge in [0.05, 0.1) is 10.7 Å². The zero-order valence-electron chi connectivity index (χ0n) is 8.67. The first kappa shape index (κ1) is 10.5. The monoisotopic (exact) mass is 228 g/mol. The number of hydrogen-bond acceptors (Lipinski definition) is 4. The van der Waals surface area contributed by atoms with Gasteiger partial charge in [-0.3, -0.25) is 0 Å². The van der Waals surface area contributed by atoms with E-state index in [9.17, 15) is 0 Å². The molecule has 2 nitrogen and oxygen atoms in total. The van der Waals surface area contributed by atoms with Crippen molar-refractivity contribution in [1.29, 1.82) is 0 Å². The van der Waals surface area contributed by atoms with Crippen molar-refractivity contribution in [2.75, 3.05) is 12.3 Å². The van der Waals surface area contributed by atoms with E-state index in [-0.39, 0.29) is 5.41 Å². The summed E-state index contributed by atoms with van der Waals surface area (Å²) in [4.78, 5) is 6.19. The highest BCUT2D eigenvalue weighted by molar-refractivity contribution is 7.98. The lowest BCUT2D eigenvalue weighted by Crippen LogP contribution is -2.27. The molecule has 78 valence electrons. The molecular weight excluding hydrogens is 212 g/mol. The zero-order valence-corrected chi connectivity index (χ0v) is 10.3. The Hall–Kier alpha value is -0.0600. The maximum absolute atomic E-state index is 5.76. The van der Waals surface area contributed by atoms with Crippen molar-refractivity contribution >= 4 is 23.1 Å². The van der Waals surface area contributed by atoms with Crippen LogP contribution in [0.4, 0.5) is 0 Å². The summed E-state index contributed by atoms with van der Waals surface area (Å²) < 4.78 is 0. The Kier molecular flexibility index (Phi) is 2.86. The van der Waals surface area contributed by atoms with Gasteiger partial charge in [0.1, 0.15) is 0 Å². The molecule has 0 spiro atoms. The fraction of sp³-hybridized carbons (Fsp3) is 0.700. The van der Waals surface area contributed by atoms with Crippen molar-refractivity contribution in [2.24, 2.45) is 5.73 Å². The van der Waals surface area contributed by atoms with Crippen LogP contribution in [0.2, 0.25) is 0 Å². The molecule has 0 aliphatic carbocycles. The van der Waals surface area contributed by atoms with Crippen molar-refractivity contribution in [3.63, 3.8) is 0 Å². The molecule has 2 rings (SSSR count).